The van der Waals surface area contributed by atoms with Crippen LogP contribution in [0.25, 0.3) is 0 Å². The highest BCUT2D eigenvalue weighted by molar-refractivity contribution is 5.80. The molecule has 0 aromatic rings. The topological polar surface area (TPSA) is 96.2 Å². The van der Waals surface area contributed by atoms with Gasteiger partial charge < -0.3 is 5.11 Å². The van der Waals surface area contributed by atoms with Gasteiger partial charge in [0.05, 0.1) is 6.54 Å². The van der Waals surface area contributed by atoms with Crippen LogP contribution in [0, 0.1) is 0 Å². The second kappa shape index (κ2) is 8.16. The minimum atomic E-state index is -1.49. The van der Waals surface area contributed by atoms with Crippen LogP contribution in [0.2, 0.25) is 0 Å². The molecule has 6 heteroatoms. The average molecular weight is 238 g/mol. The van der Waals surface area contributed by atoms with Gasteiger partial charge in [-0.15, -0.1) is 6.58 Å². The monoisotopic (exact) mass is 238 g/mol. The number of hydrogen-bond acceptors (Lipinski definition) is 5. The summed E-state index contributed by atoms with van der Waals surface area (Å²) in [7, 11) is 0. The molecule has 0 aromatic heterocycles. The van der Waals surface area contributed by atoms with Crippen molar-refractivity contribution in [2.45, 2.75) is 31.2 Å². The summed E-state index contributed by atoms with van der Waals surface area (Å²) in [5.41, 5.74) is -1.49. The lowest BCUT2D eigenvalue weighted by molar-refractivity contribution is -0.143. The van der Waals surface area contributed by atoms with Crippen LogP contribution < -0.4 is 0 Å². The third-order valence-corrected chi connectivity index (χ3v) is 2.31. The SMILES string of the molecule is C=CC[C@](CCCCN=C=O)(N=C=O)C(=O)O. The number of nitrogens with zero attached hydrogens (tertiary/aromatic N) is 2. The van der Waals surface area contributed by atoms with Crippen LogP contribution >= 0.6 is 0 Å². The van der Waals surface area contributed by atoms with Crippen molar-refractivity contribution in [2.24, 2.45) is 9.98 Å². The zero-order valence-corrected chi connectivity index (χ0v) is 9.39. The molecule has 0 aliphatic heterocycles. The Hall–Kier alpha value is -2.03. The summed E-state index contributed by atoms with van der Waals surface area (Å²) in [4.78, 5) is 37.9. The molecule has 0 rings (SSSR count). The molecule has 0 bridgehead atoms. The number of carboxylic acids is 1. The predicted molar refractivity (Wildman–Crippen MR) is 60.1 cm³/mol. The Labute approximate surface area is 98.8 Å². The number of rotatable bonds is 9. The van der Waals surface area contributed by atoms with Gasteiger partial charge >= 0.3 is 5.97 Å². The van der Waals surface area contributed by atoms with Crippen molar-refractivity contribution < 1.29 is 19.5 Å². The van der Waals surface area contributed by atoms with Crippen molar-refractivity contribution >= 4 is 18.1 Å². The maximum Gasteiger partial charge on any atom is 0.332 e. The fourth-order valence-electron chi connectivity index (χ4n) is 1.43. The molecular formula is C11H14N2O4. The molecule has 0 aromatic carbocycles. The van der Waals surface area contributed by atoms with E-state index in [-0.39, 0.29) is 19.4 Å². The molecule has 0 fully saturated rings. The fourth-order valence-corrected chi connectivity index (χ4v) is 1.43. The second-order valence-corrected chi connectivity index (χ2v) is 3.46. The summed E-state index contributed by atoms with van der Waals surface area (Å²) in [6, 6.07) is 0. The number of aliphatic carboxylic acids is 1. The first kappa shape index (κ1) is 15.0. The Morgan fingerprint density at radius 2 is 2.06 bits per heavy atom. The molecule has 0 spiro atoms. The molecule has 0 saturated carbocycles. The van der Waals surface area contributed by atoms with Crippen molar-refractivity contribution in [3.63, 3.8) is 0 Å². The lowest BCUT2D eigenvalue weighted by Gasteiger charge is -2.21. The van der Waals surface area contributed by atoms with Crippen LogP contribution in [0.1, 0.15) is 25.7 Å². The molecule has 92 valence electrons. The van der Waals surface area contributed by atoms with E-state index in [1.807, 2.05) is 0 Å². The number of hydrogen-bond donors (Lipinski definition) is 1. The van der Waals surface area contributed by atoms with Crippen molar-refractivity contribution in [3.05, 3.63) is 12.7 Å². The van der Waals surface area contributed by atoms with E-state index < -0.39 is 11.5 Å². The molecular weight excluding hydrogens is 224 g/mol. The minimum Gasteiger partial charge on any atom is -0.479 e. The van der Waals surface area contributed by atoms with Gasteiger partial charge in [-0.25, -0.2) is 19.4 Å². The molecule has 17 heavy (non-hydrogen) atoms. The third kappa shape index (κ3) is 5.02. The van der Waals surface area contributed by atoms with Crippen molar-refractivity contribution in [1.82, 2.24) is 0 Å². The number of carboxylic acid groups (broad SMARTS) is 1. The quantitative estimate of drug-likeness (QED) is 0.283. The summed E-state index contributed by atoms with van der Waals surface area (Å²) < 4.78 is 0. The standard InChI is InChI=1S/C11H14N2O4/c1-2-5-11(10(16)17,13-9-15)6-3-4-7-12-8-14/h2H,1,3-7H2,(H,16,17)/t11-/m1/s1. The third-order valence-electron chi connectivity index (χ3n) is 2.31. The predicted octanol–water partition coefficient (Wildman–Crippen LogP) is 1.23. The van der Waals surface area contributed by atoms with E-state index in [9.17, 15) is 14.4 Å². The van der Waals surface area contributed by atoms with Gasteiger partial charge in [-0.1, -0.05) is 6.08 Å². The number of aliphatic imine (C=N–C) groups is 2. The first-order chi connectivity index (χ1) is 8.13. The lowest BCUT2D eigenvalue weighted by Crippen LogP contribution is -2.36. The molecule has 1 N–H and O–H groups in total. The van der Waals surface area contributed by atoms with E-state index in [1.54, 1.807) is 0 Å². The normalized spacial score (nSPS) is 12.7. The largest absolute Gasteiger partial charge is 0.479 e. The summed E-state index contributed by atoms with van der Waals surface area (Å²) in [5.74, 6) is -1.18. The molecule has 0 amide bonds. The first-order valence-corrected chi connectivity index (χ1v) is 5.10. The van der Waals surface area contributed by atoms with Gasteiger partial charge in [-0.3, -0.25) is 0 Å². The Morgan fingerprint density at radius 1 is 1.35 bits per heavy atom. The highest BCUT2D eigenvalue weighted by Gasteiger charge is 2.36. The summed E-state index contributed by atoms with van der Waals surface area (Å²) in [5, 5.41) is 9.08. The zero-order valence-electron chi connectivity index (χ0n) is 9.39. The van der Waals surface area contributed by atoms with Crippen molar-refractivity contribution in [1.29, 1.82) is 0 Å². The molecule has 0 radical (unpaired) electrons. The zero-order chi connectivity index (χ0) is 13.1. The minimum absolute atomic E-state index is 0.0640. The average Bonchev–Trinajstić information content (AvgIpc) is 2.29. The summed E-state index contributed by atoms with van der Waals surface area (Å²) in [6.45, 7) is 3.73. The first-order valence-electron chi connectivity index (χ1n) is 5.10. The number of carbonyl (C=O) groups is 1. The molecule has 1 atom stereocenters. The number of isocyanates is 2. The van der Waals surface area contributed by atoms with Gasteiger partial charge in [0.1, 0.15) is 0 Å². The van der Waals surface area contributed by atoms with Crippen LogP contribution in [-0.4, -0.2) is 35.3 Å². The summed E-state index contributed by atoms with van der Waals surface area (Å²) in [6.07, 6.45) is 5.35. The molecule has 0 aliphatic rings. The fraction of sp³-hybridized carbons (Fsp3) is 0.545. The van der Waals surface area contributed by atoms with Crippen LogP contribution in [0.3, 0.4) is 0 Å². The molecule has 0 aliphatic carbocycles. The summed E-state index contributed by atoms with van der Waals surface area (Å²) >= 11 is 0. The number of unbranched alkanes of at least 4 members (excludes halogenated alkanes) is 1. The van der Waals surface area contributed by atoms with Crippen LogP contribution in [0.15, 0.2) is 22.6 Å². The van der Waals surface area contributed by atoms with Gasteiger partial charge in [0.25, 0.3) is 0 Å². The second-order valence-electron chi connectivity index (χ2n) is 3.46. The maximum absolute atomic E-state index is 11.1. The van der Waals surface area contributed by atoms with Gasteiger partial charge in [-0.05, 0) is 19.3 Å². The maximum atomic E-state index is 11.1. The van der Waals surface area contributed by atoms with E-state index in [0.29, 0.717) is 12.8 Å². The van der Waals surface area contributed by atoms with E-state index >= 15 is 0 Å². The molecule has 0 heterocycles. The van der Waals surface area contributed by atoms with Crippen LogP contribution in [0.5, 0.6) is 0 Å². The van der Waals surface area contributed by atoms with Crippen LogP contribution in [-0.2, 0) is 14.4 Å². The lowest BCUT2D eigenvalue weighted by atomic mass is 9.90. The van der Waals surface area contributed by atoms with E-state index in [2.05, 4.69) is 16.6 Å². The van der Waals surface area contributed by atoms with Gasteiger partial charge in [0.15, 0.2) is 5.54 Å². The Bertz CT molecular complexity index is 364. The van der Waals surface area contributed by atoms with E-state index in [4.69, 9.17) is 5.11 Å². The van der Waals surface area contributed by atoms with E-state index in [1.165, 1.54) is 18.2 Å². The van der Waals surface area contributed by atoms with Gasteiger partial charge in [0.2, 0.25) is 12.2 Å². The van der Waals surface area contributed by atoms with Crippen LogP contribution in [0.4, 0.5) is 0 Å². The van der Waals surface area contributed by atoms with Crippen molar-refractivity contribution in [2.75, 3.05) is 6.54 Å². The smallest absolute Gasteiger partial charge is 0.332 e. The Morgan fingerprint density at radius 3 is 2.53 bits per heavy atom. The number of carbonyl (C=O) groups excluding carboxylic acids is 2. The molecule has 0 unspecified atom stereocenters. The Kier molecular flexibility index (Phi) is 7.19. The van der Waals surface area contributed by atoms with E-state index in [0.717, 1.165) is 0 Å². The Balaban J connectivity index is 4.56. The highest BCUT2D eigenvalue weighted by Crippen LogP contribution is 2.24. The molecule has 0 saturated heterocycles. The van der Waals surface area contributed by atoms with Gasteiger partial charge in [0, 0.05) is 6.42 Å². The van der Waals surface area contributed by atoms with Crippen molar-refractivity contribution in [3.8, 4) is 0 Å². The molecule has 6 nitrogen and oxygen atoms in total. The van der Waals surface area contributed by atoms with Gasteiger partial charge in [-0.2, -0.15) is 4.99 Å². The highest BCUT2D eigenvalue weighted by atomic mass is 16.4.